The highest BCUT2D eigenvalue weighted by molar-refractivity contribution is 5.80. The lowest BCUT2D eigenvalue weighted by Gasteiger charge is -2.09. The summed E-state index contributed by atoms with van der Waals surface area (Å²) in [6.07, 6.45) is 0.272. The quantitative estimate of drug-likeness (QED) is 0.574. The maximum atomic E-state index is 11.9. The van der Waals surface area contributed by atoms with E-state index in [2.05, 4.69) is 10.1 Å². The van der Waals surface area contributed by atoms with Crippen LogP contribution in [0.2, 0.25) is 0 Å². The van der Waals surface area contributed by atoms with E-state index < -0.39 is 18.0 Å². The molecule has 0 saturated carbocycles. The number of halogens is 3. The van der Waals surface area contributed by atoms with Crippen LogP contribution in [-0.2, 0) is 14.3 Å². The van der Waals surface area contributed by atoms with Crippen molar-refractivity contribution in [2.24, 2.45) is 0 Å². The minimum atomic E-state index is -5.08. The number of carbonyl (C=O) groups excluding carboxylic acids is 2. The molecule has 0 fully saturated rings. The zero-order valence-electron chi connectivity index (χ0n) is 7.75. The lowest BCUT2D eigenvalue weighted by atomic mass is 10.3. The molecule has 0 atom stereocenters. The van der Waals surface area contributed by atoms with Crippen LogP contribution in [0.4, 0.5) is 13.2 Å². The second kappa shape index (κ2) is 4.65. The van der Waals surface area contributed by atoms with Crippen LogP contribution in [0.5, 0.6) is 0 Å². The van der Waals surface area contributed by atoms with E-state index in [1.54, 1.807) is 0 Å². The van der Waals surface area contributed by atoms with Gasteiger partial charge in [0.2, 0.25) is 5.88 Å². The van der Waals surface area contributed by atoms with Crippen LogP contribution in [0.25, 0.3) is 0 Å². The first kappa shape index (κ1) is 12.0. The molecule has 0 radical (unpaired) electrons. The standard InChI is InChI=1S/C9H6F3NO3/c10-9(11,12)8(15)16-7-4-6(5-14)2-1-3-13-7/h1-5,13H. The van der Waals surface area contributed by atoms with Crippen LogP contribution in [0.15, 0.2) is 35.9 Å². The molecule has 0 aromatic carbocycles. The van der Waals surface area contributed by atoms with Gasteiger partial charge in [0.05, 0.1) is 0 Å². The molecule has 1 aliphatic heterocycles. The van der Waals surface area contributed by atoms with E-state index in [0.717, 1.165) is 6.08 Å². The topological polar surface area (TPSA) is 55.4 Å². The van der Waals surface area contributed by atoms with Gasteiger partial charge in [-0.2, -0.15) is 13.2 Å². The normalized spacial score (nSPS) is 15.4. The third-order valence-electron chi connectivity index (χ3n) is 1.48. The summed E-state index contributed by atoms with van der Waals surface area (Å²) in [6.45, 7) is 0. The minimum absolute atomic E-state index is 0.0752. The summed E-state index contributed by atoms with van der Waals surface area (Å²) >= 11 is 0. The van der Waals surface area contributed by atoms with Crippen LogP contribution < -0.4 is 5.32 Å². The number of rotatable bonds is 2. The predicted octanol–water partition coefficient (Wildman–Crippen LogP) is 1.18. The van der Waals surface area contributed by atoms with Crippen molar-refractivity contribution in [2.45, 2.75) is 6.18 Å². The van der Waals surface area contributed by atoms with Crippen LogP contribution in [-0.4, -0.2) is 18.4 Å². The number of aldehydes is 1. The molecular weight excluding hydrogens is 227 g/mol. The fourth-order valence-electron chi connectivity index (χ4n) is 0.821. The molecule has 0 saturated heterocycles. The van der Waals surface area contributed by atoms with Crippen LogP contribution in [0.3, 0.4) is 0 Å². The number of ether oxygens (including phenoxy) is 1. The van der Waals surface area contributed by atoms with Gasteiger partial charge in [-0.15, -0.1) is 0 Å². The number of alkyl halides is 3. The highest BCUT2D eigenvalue weighted by Gasteiger charge is 2.41. The van der Waals surface area contributed by atoms with E-state index >= 15 is 0 Å². The fraction of sp³-hybridized carbons (Fsp3) is 0.111. The Morgan fingerprint density at radius 2 is 2.12 bits per heavy atom. The van der Waals surface area contributed by atoms with E-state index in [-0.39, 0.29) is 5.57 Å². The summed E-state index contributed by atoms with van der Waals surface area (Å²) < 4.78 is 39.6. The predicted molar refractivity (Wildman–Crippen MR) is 46.7 cm³/mol. The van der Waals surface area contributed by atoms with Crippen LogP contribution in [0.1, 0.15) is 0 Å². The molecular formula is C9H6F3NO3. The van der Waals surface area contributed by atoms with E-state index in [1.165, 1.54) is 18.4 Å². The van der Waals surface area contributed by atoms with Gasteiger partial charge >= 0.3 is 12.1 Å². The van der Waals surface area contributed by atoms with Crippen molar-refractivity contribution in [1.82, 2.24) is 5.32 Å². The molecule has 1 aliphatic rings. The van der Waals surface area contributed by atoms with Crippen molar-refractivity contribution in [1.29, 1.82) is 0 Å². The molecule has 86 valence electrons. The van der Waals surface area contributed by atoms with E-state index in [1.807, 2.05) is 0 Å². The molecule has 0 unspecified atom stereocenters. The maximum Gasteiger partial charge on any atom is 0.491 e. The van der Waals surface area contributed by atoms with Gasteiger partial charge in [0.1, 0.15) is 6.29 Å². The second-order valence-corrected chi connectivity index (χ2v) is 2.68. The lowest BCUT2D eigenvalue weighted by molar-refractivity contribution is -0.195. The van der Waals surface area contributed by atoms with Gasteiger partial charge in [0.25, 0.3) is 0 Å². The highest BCUT2D eigenvalue weighted by Crippen LogP contribution is 2.18. The van der Waals surface area contributed by atoms with Gasteiger partial charge in [0, 0.05) is 17.8 Å². The van der Waals surface area contributed by atoms with Crippen molar-refractivity contribution in [3.63, 3.8) is 0 Å². The average molecular weight is 233 g/mol. The van der Waals surface area contributed by atoms with Gasteiger partial charge in [0.15, 0.2) is 0 Å². The average Bonchev–Trinajstić information content (AvgIpc) is 2.41. The summed E-state index contributed by atoms with van der Waals surface area (Å²) in [5.41, 5.74) is 0.0752. The van der Waals surface area contributed by atoms with Gasteiger partial charge in [-0.3, -0.25) is 4.79 Å². The monoisotopic (exact) mass is 233 g/mol. The van der Waals surface area contributed by atoms with Crippen LogP contribution in [0, 0.1) is 0 Å². The van der Waals surface area contributed by atoms with Gasteiger partial charge in [-0.1, -0.05) is 6.08 Å². The Balaban J connectivity index is 2.79. The summed E-state index contributed by atoms with van der Waals surface area (Å²) in [5, 5.41) is 2.28. The molecule has 4 nitrogen and oxygen atoms in total. The molecule has 0 aliphatic carbocycles. The Kier molecular flexibility index (Phi) is 3.49. The molecule has 0 aromatic heterocycles. The van der Waals surface area contributed by atoms with E-state index in [9.17, 15) is 22.8 Å². The zero-order chi connectivity index (χ0) is 12.2. The SMILES string of the molecule is O=CC1=CC=CNC(OC(=O)C(F)(F)F)=C1. The highest BCUT2D eigenvalue weighted by atomic mass is 19.4. The third-order valence-corrected chi connectivity index (χ3v) is 1.48. The number of hydrogen-bond donors (Lipinski definition) is 1. The largest absolute Gasteiger partial charge is 0.491 e. The molecule has 0 aromatic rings. The van der Waals surface area contributed by atoms with Gasteiger partial charge in [-0.05, 0) is 6.08 Å². The Morgan fingerprint density at radius 3 is 2.69 bits per heavy atom. The Morgan fingerprint density at radius 1 is 1.44 bits per heavy atom. The summed E-state index contributed by atoms with van der Waals surface area (Å²) in [5.74, 6) is -2.82. The summed E-state index contributed by atoms with van der Waals surface area (Å²) in [4.78, 5) is 20.9. The third kappa shape index (κ3) is 3.26. The Hall–Kier alpha value is -2.05. The number of esters is 1. The smallest absolute Gasteiger partial charge is 0.403 e. The Labute approximate surface area is 88.1 Å². The first-order chi connectivity index (χ1) is 7.43. The lowest BCUT2D eigenvalue weighted by Crippen LogP contribution is -2.27. The first-order valence-corrected chi connectivity index (χ1v) is 4.03. The van der Waals surface area contributed by atoms with Crippen molar-refractivity contribution in [3.8, 4) is 0 Å². The summed E-state index contributed by atoms with van der Waals surface area (Å²) in [6, 6.07) is 0. The molecule has 1 N–H and O–H groups in total. The van der Waals surface area contributed by atoms with Gasteiger partial charge in [-0.25, -0.2) is 4.79 Å². The number of carbonyl (C=O) groups is 2. The van der Waals surface area contributed by atoms with Crippen molar-refractivity contribution < 1.29 is 27.5 Å². The molecule has 1 heterocycles. The number of allylic oxidation sites excluding steroid dienone is 4. The molecule has 0 spiro atoms. The van der Waals surface area contributed by atoms with E-state index in [0.29, 0.717) is 6.29 Å². The fourth-order valence-corrected chi connectivity index (χ4v) is 0.821. The van der Waals surface area contributed by atoms with Gasteiger partial charge < -0.3 is 10.1 Å². The van der Waals surface area contributed by atoms with Crippen molar-refractivity contribution >= 4 is 12.3 Å². The second-order valence-electron chi connectivity index (χ2n) is 2.68. The summed E-state index contributed by atoms with van der Waals surface area (Å²) in [7, 11) is 0. The number of nitrogens with one attached hydrogen (secondary N) is 1. The van der Waals surface area contributed by atoms with E-state index in [4.69, 9.17) is 0 Å². The first-order valence-electron chi connectivity index (χ1n) is 4.03. The van der Waals surface area contributed by atoms with Crippen LogP contribution >= 0.6 is 0 Å². The minimum Gasteiger partial charge on any atom is -0.403 e. The molecule has 0 bridgehead atoms. The van der Waals surface area contributed by atoms with Crippen molar-refractivity contribution in [2.75, 3.05) is 0 Å². The maximum absolute atomic E-state index is 11.9. The molecule has 16 heavy (non-hydrogen) atoms. The molecule has 0 amide bonds. The van der Waals surface area contributed by atoms with Crippen molar-refractivity contribution in [3.05, 3.63) is 35.9 Å². The Bertz CT molecular complexity index is 393. The zero-order valence-corrected chi connectivity index (χ0v) is 7.75. The molecule has 7 heteroatoms. The number of hydrogen-bond acceptors (Lipinski definition) is 4. The molecule has 1 rings (SSSR count).